The first-order valence-corrected chi connectivity index (χ1v) is 8.58. The van der Waals surface area contributed by atoms with Gasteiger partial charge in [-0.1, -0.05) is 24.3 Å². The van der Waals surface area contributed by atoms with Crippen LogP contribution in [0.2, 0.25) is 0 Å². The molecule has 0 heterocycles. The van der Waals surface area contributed by atoms with Gasteiger partial charge in [-0.05, 0) is 47.1 Å². The van der Waals surface area contributed by atoms with Gasteiger partial charge in [0.2, 0.25) is 5.91 Å². The molecule has 0 bridgehead atoms. The number of halogens is 1. The van der Waals surface area contributed by atoms with Crippen LogP contribution in [0.5, 0.6) is 5.75 Å². The predicted molar refractivity (Wildman–Crippen MR) is 99.7 cm³/mol. The third-order valence-corrected chi connectivity index (χ3v) is 3.86. The van der Waals surface area contributed by atoms with E-state index in [9.17, 15) is 4.79 Å². The lowest BCUT2D eigenvalue weighted by Gasteiger charge is -2.13. The van der Waals surface area contributed by atoms with Gasteiger partial charge in [-0.15, -0.1) is 0 Å². The molecule has 0 spiro atoms. The van der Waals surface area contributed by atoms with Gasteiger partial charge in [0.05, 0.1) is 24.5 Å². The van der Waals surface area contributed by atoms with Gasteiger partial charge in [-0.2, -0.15) is 0 Å². The van der Waals surface area contributed by atoms with Crippen molar-refractivity contribution in [2.75, 3.05) is 37.0 Å². The van der Waals surface area contributed by atoms with Crippen molar-refractivity contribution in [3.63, 3.8) is 0 Å². The highest BCUT2D eigenvalue weighted by Gasteiger charge is 2.07. The molecule has 0 unspecified atom stereocenters. The van der Waals surface area contributed by atoms with E-state index < -0.39 is 0 Å². The Morgan fingerprint density at radius 1 is 1.04 bits per heavy atom. The molecule has 24 heavy (non-hydrogen) atoms. The van der Waals surface area contributed by atoms with Crippen LogP contribution in [-0.4, -0.2) is 32.3 Å². The van der Waals surface area contributed by atoms with Gasteiger partial charge >= 0.3 is 0 Å². The van der Waals surface area contributed by atoms with Crippen LogP contribution in [0, 0.1) is 0 Å². The number of rotatable bonds is 9. The highest BCUT2D eigenvalue weighted by atomic mass is 79.9. The molecule has 6 heteroatoms. The summed E-state index contributed by atoms with van der Waals surface area (Å²) >= 11 is 3.41. The summed E-state index contributed by atoms with van der Waals surface area (Å²) in [5.41, 5.74) is 1.52. The number of anilines is 2. The van der Waals surface area contributed by atoms with Gasteiger partial charge in [0.1, 0.15) is 12.4 Å². The van der Waals surface area contributed by atoms with E-state index >= 15 is 0 Å². The Bertz CT molecular complexity index is 664. The molecule has 0 radical (unpaired) electrons. The van der Waals surface area contributed by atoms with E-state index in [0.717, 1.165) is 15.8 Å². The molecule has 1 amide bonds. The van der Waals surface area contributed by atoms with Crippen molar-refractivity contribution in [2.24, 2.45) is 0 Å². The summed E-state index contributed by atoms with van der Waals surface area (Å²) in [4.78, 5) is 12.1. The number of carbonyl (C=O) groups excluding carboxylic acids is 1. The SMILES string of the molecule is CCOCCOc1ccccc1NCC(=O)Nc1ccccc1Br. The number of nitrogens with one attached hydrogen (secondary N) is 2. The van der Waals surface area contributed by atoms with Crippen LogP contribution in [-0.2, 0) is 9.53 Å². The molecule has 0 aliphatic rings. The van der Waals surface area contributed by atoms with E-state index in [1.54, 1.807) is 0 Å². The normalized spacial score (nSPS) is 10.2. The van der Waals surface area contributed by atoms with E-state index in [-0.39, 0.29) is 12.5 Å². The molecule has 2 rings (SSSR count). The molecular formula is C18H21BrN2O3. The summed E-state index contributed by atoms with van der Waals surface area (Å²) in [5.74, 6) is 0.567. The summed E-state index contributed by atoms with van der Waals surface area (Å²) in [6.45, 7) is 3.76. The Hall–Kier alpha value is -2.05. The second kappa shape index (κ2) is 9.95. The lowest BCUT2D eigenvalue weighted by Crippen LogP contribution is -2.22. The van der Waals surface area contributed by atoms with E-state index in [0.29, 0.717) is 25.6 Å². The first-order chi connectivity index (χ1) is 11.7. The molecule has 0 aliphatic heterocycles. The summed E-state index contributed by atoms with van der Waals surface area (Å²) < 4.78 is 11.8. The lowest BCUT2D eigenvalue weighted by molar-refractivity contribution is -0.114. The van der Waals surface area contributed by atoms with Crippen molar-refractivity contribution in [1.82, 2.24) is 0 Å². The topological polar surface area (TPSA) is 59.6 Å². The fourth-order valence-corrected chi connectivity index (χ4v) is 2.41. The van der Waals surface area contributed by atoms with Crippen molar-refractivity contribution in [3.8, 4) is 5.75 Å². The van der Waals surface area contributed by atoms with Gasteiger partial charge in [0.15, 0.2) is 0 Å². The largest absolute Gasteiger partial charge is 0.489 e. The molecular weight excluding hydrogens is 372 g/mol. The maximum absolute atomic E-state index is 12.1. The Balaban J connectivity index is 1.87. The molecule has 128 valence electrons. The Kier molecular flexibility index (Phi) is 7.58. The average Bonchev–Trinajstić information content (AvgIpc) is 2.60. The number of ether oxygens (including phenoxy) is 2. The minimum atomic E-state index is -0.133. The molecule has 0 fully saturated rings. The third kappa shape index (κ3) is 5.86. The summed E-state index contributed by atoms with van der Waals surface area (Å²) in [6.07, 6.45) is 0. The van der Waals surface area contributed by atoms with Crippen LogP contribution in [0.25, 0.3) is 0 Å². The van der Waals surface area contributed by atoms with Crippen LogP contribution in [0.4, 0.5) is 11.4 Å². The second-order valence-corrected chi connectivity index (χ2v) is 5.78. The molecule has 2 N–H and O–H groups in total. The van der Waals surface area contributed by atoms with Gasteiger partial charge in [-0.3, -0.25) is 4.79 Å². The van der Waals surface area contributed by atoms with Gasteiger partial charge in [0, 0.05) is 11.1 Å². The van der Waals surface area contributed by atoms with Crippen LogP contribution >= 0.6 is 15.9 Å². The zero-order chi connectivity index (χ0) is 17.2. The minimum absolute atomic E-state index is 0.133. The summed E-state index contributed by atoms with van der Waals surface area (Å²) in [5, 5.41) is 5.95. The lowest BCUT2D eigenvalue weighted by atomic mass is 10.3. The number of benzene rings is 2. The van der Waals surface area contributed by atoms with E-state index in [1.165, 1.54) is 0 Å². The van der Waals surface area contributed by atoms with E-state index in [4.69, 9.17) is 9.47 Å². The molecule has 0 saturated heterocycles. The smallest absolute Gasteiger partial charge is 0.243 e. The first-order valence-electron chi connectivity index (χ1n) is 7.78. The molecule has 0 aliphatic carbocycles. The second-order valence-electron chi connectivity index (χ2n) is 4.92. The zero-order valence-electron chi connectivity index (χ0n) is 13.5. The van der Waals surface area contributed by atoms with Crippen molar-refractivity contribution in [1.29, 1.82) is 0 Å². The van der Waals surface area contributed by atoms with Crippen LogP contribution in [0.3, 0.4) is 0 Å². The van der Waals surface area contributed by atoms with E-state index in [2.05, 4.69) is 26.6 Å². The fraction of sp³-hybridized carbons (Fsp3) is 0.278. The Morgan fingerprint density at radius 3 is 2.50 bits per heavy atom. The van der Waals surface area contributed by atoms with Crippen molar-refractivity contribution in [3.05, 3.63) is 53.0 Å². The summed E-state index contributed by atoms with van der Waals surface area (Å²) in [7, 11) is 0. The van der Waals surface area contributed by atoms with Crippen molar-refractivity contribution >= 4 is 33.2 Å². The first kappa shape index (κ1) is 18.3. The van der Waals surface area contributed by atoms with Crippen molar-refractivity contribution in [2.45, 2.75) is 6.92 Å². The highest BCUT2D eigenvalue weighted by Crippen LogP contribution is 2.24. The number of amides is 1. The third-order valence-electron chi connectivity index (χ3n) is 3.16. The molecule has 5 nitrogen and oxygen atoms in total. The van der Waals surface area contributed by atoms with Crippen LogP contribution in [0.1, 0.15) is 6.92 Å². The number of hydrogen-bond acceptors (Lipinski definition) is 4. The highest BCUT2D eigenvalue weighted by molar-refractivity contribution is 9.10. The van der Waals surface area contributed by atoms with Gasteiger partial charge in [0.25, 0.3) is 0 Å². The number of para-hydroxylation sites is 3. The molecule has 0 saturated carbocycles. The van der Waals surface area contributed by atoms with Crippen LogP contribution < -0.4 is 15.4 Å². The van der Waals surface area contributed by atoms with Gasteiger partial charge < -0.3 is 20.1 Å². The Labute approximate surface area is 150 Å². The minimum Gasteiger partial charge on any atom is -0.489 e. The quantitative estimate of drug-likeness (QED) is 0.635. The summed E-state index contributed by atoms with van der Waals surface area (Å²) in [6, 6.07) is 15.0. The zero-order valence-corrected chi connectivity index (χ0v) is 15.1. The standard InChI is InChI=1S/C18H21BrN2O3/c1-2-23-11-12-24-17-10-6-5-9-16(17)20-13-18(22)21-15-8-4-3-7-14(15)19/h3-10,20H,2,11-13H2,1H3,(H,21,22). The molecule has 2 aromatic carbocycles. The predicted octanol–water partition coefficient (Wildman–Crippen LogP) is 3.92. The maximum atomic E-state index is 12.1. The van der Waals surface area contributed by atoms with Crippen molar-refractivity contribution < 1.29 is 14.3 Å². The number of hydrogen-bond donors (Lipinski definition) is 2. The molecule has 2 aromatic rings. The van der Waals surface area contributed by atoms with E-state index in [1.807, 2.05) is 55.5 Å². The van der Waals surface area contributed by atoms with Gasteiger partial charge in [-0.25, -0.2) is 0 Å². The number of carbonyl (C=O) groups is 1. The fourth-order valence-electron chi connectivity index (χ4n) is 2.03. The van der Waals surface area contributed by atoms with Crippen LogP contribution in [0.15, 0.2) is 53.0 Å². The Morgan fingerprint density at radius 2 is 1.75 bits per heavy atom. The molecule has 0 aromatic heterocycles. The monoisotopic (exact) mass is 392 g/mol. The maximum Gasteiger partial charge on any atom is 0.243 e. The average molecular weight is 393 g/mol. The molecule has 0 atom stereocenters.